The summed E-state index contributed by atoms with van der Waals surface area (Å²) in [5.74, 6) is 0.389. The first-order valence-corrected chi connectivity index (χ1v) is 9.35. The number of aliphatic hydroxyl groups excluding tert-OH is 1. The third kappa shape index (κ3) is 3.12. The molecule has 1 aromatic heterocycles. The maximum Gasteiger partial charge on any atom is 0.127 e. The maximum absolute atomic E-state index is 9.38. The van der Waals surface area contributed by atoms with Crippen molar-refractivity contribution in [3.8, 4) is 11.3 Å². The molecule has 112 valence electrons. The van der Waals surface area contributed by atoms with E-state index in [9.17, 15) is 5.11 Å². The number of benzene rings is 1. The summed E-state index contributed by atoms with van der Waals surface area (Å²) in [5.41, 5.74) is 3.31. The molecular formula is C15H17I2N3O. The second kappa shape index (κ2) is 6.49. The van der Waals surface area contributed by atoms with Crippen LogP contribution >= 0.6 is 45.2 Å². The van der Waals surface area contributed by atoms with E-state index in [1.165, 1.54) is 5.56 Å². The number of aliphatic hydroxyl groups is 1. The minimum Gasteiger partial charge on any atom is -0.396 e. The van der Waals surface area contributed by atoms with Crippen LogP contribution in [0.1, 0.15) is 24.4 Å². The van der Waals surface area contributed by atoms with Gasteiger partial charge in [0.1, 0.15) is 9.39 Å². The highest BCUT2D eigenvalue weighted by Crippen LogP contribution is 2.40. The molecule has 0 spiro atoms. The van der Waals surface area contributed by atoms with Gasteiger partial charge in [0, 0.05) is 16.1 Å². The van der Waals surface area contributed by atoms with Crippen LogP contribution in [0.2, 0.25) is 0 Å². The van der Waals surface area contributed by atoms with Crippen LogP contribution in [0, 0.1) is 16.5 Å². The molecule has 2 aromatic rings. The largest absolute Gasteiger partial charge is 0.396 e. The molecule has 1 heterocycles. The van der Waals surface area contributed by atoms with Gasteiger partial charge in [-0.1, -0.05) is 57.6 Å². The Bertz CT molecular complexity index is 626. The van der Waals surface area contributed by atoms with E-state index in [0.717, 1.165) is 27.8 Å². The summed E-state index contributed by atoms with van der Waals surface area (Å²) in [5, 5.41) is 18.2. The predicted molar refractivity (Wildman–Crippen MR) is 99.6 cm³/mol. The van der Waals surface area contributed by atoms with Crippen LogP contribution in [0.3, 0.4) is 0 Å². The fourth-order valence-electron chi connectivity index (χ4n) is 2.85. The van der Waals surface area contributed by atoms with Gasteiger partial charge >= 0.3 is 0 Å². The van der Waals surface area contributed by atoms with Crippen LogP contribution in [0.25, 0.3) is 11.3 Å². The number of nitrogens with zero attached hydrogens (tertiary/aromatic N) is 3. The summed E-state index contributed by atoms with van der Waals surface area (Å²) in [7, 11) is 0. The second-order valence-electron chi connectivity index (χ2n) is 5.64. The van der Waals surface area contributed by atoms with E-state index in [1.807, 2.05) is 4.68 Å². The molecule has 3 rings (SSSR count). The highest BCUT2D eigenvalue weighted by molar-refractivity contribution is 14.1. The average molecular weight is 509 g/mol. The summed E-state index contributed by atoms with van der Waals surface area (Å²) in [6.07, 6.45) is 2.04. The molecule has 3 atom stereocenters. The van der Waals surface area contributed by atoms with E-state index in [1.54, 1.807) is 0 Å². The van der Waals surface area contributed by atoms with Crippen LogP contribution in [-0.2, 0) is 0 Å². The lowest BCUT2D eigenvalue weighted by Gasteiger charge is -2.15. The fourth-order valence-corrected chi connectivity index (χ4v) is 5.04. The number of rotatable bonds is 3. The minimum absolute atomic E-state index is 0.270. The summed E-state index contributed by atoms with van der Waals surface area (Å²) >= 11 is 4.82. The van der Waals surface area contributed by atoms with Gasteiger partial charge in [-0.05, 0) is 48.3 Å². The Kier molecular flexibility index (Phi) is 4.84. The topological polar surface area (TPSA) is 50.9 Å². The third-order valence-corrected chi connectivity index (χ3v) is 6.43. The van der Waals surface area contributed by atoms with Gasteiger partial charge in [0.2, 0.25) is 0 Å². The molecule has 0 aliphatic heterocycles. The fraction of sp³-hybridized carbons (Fsp3) is 0.467. The van der Waals surface area contributed by atoms with Crippen molar-refractivity contribution in [3.05, 3.63) is 33.5 Å². The lowest BCUT2D eigenvalue weighted by atomic mass is 10.1. The zero-order valence-corrected chi connectivity index (χ0v) is 16.0. The van der Waals surface area contributed by atoms with E-state index in [0.29, 0.717) is 15.9 Å². The molecule has 0 bridgehead atoms. The van der Waals surface area contributed by atoms with Gasteiger partial charge in [0.15, 0.2) is 0 Å². The zero-order chi connectivity index (χ0) is 15.0. The quantitative estimate of drug-likeness (QED) is 0.509. The van der Waals surface area contributed by atoms with Gasteiger partial charge in [-0.2, -0.15) is 0 Å². The molecule has 1 aliphatic rings. The van der Waals surface area contributed by atoms with E-state index in [2.05, 4.69) is 86.7 Å². The van der Waals surface area contributed by atoms with Gasteiger partial charge < -0.3 is 5.11 Å². The number of alkyl halides is 1. The van der Waals surface area contributed by atoms with Crippen molar-refractivity contribution >= 4 is 45.2 Å². The first-order valence-electron chi connectivity index (χ1n) is 7.02. The van der Waals surface area contributed by atoms with Crippen molar-refractivity contribution in [2.45, 2.75) is 29.7 Å². The Morgan fingerprint density at radius 2 is 2.00 bits per heavy atom. The molecule has 1 aromatic carbocycles. The Hall–Kier alpha value is -0.220. The smallest absolute Gasteiger partial charge is 0.127 e. The molecule has 0 amide bonds. The highest BCUT2D eigenvalue weighted by Gasteiger charge is 2.35. The number of aryl methyl sites for hydroxylation is 1. The van der Waals surface area contributed by atoms with Crippen LogP contribution in [-0.4, -0.2) is 30.6 Å². The standard InChI is InChI=1S/C15H17I2N3O/c1-9-2-4-11(5-3-9)14-15(17)20(19-18-14)13-7-10(8-21)6-12(13)16/h2-5,10,12-13,21H,6-8H2,1H3/t10-,12-,13-/m1/s1. The van der Waals surface area contributed by atoms with Gasteiger partial charge in [-0.15, -0.1) is 5.10 Å². The molecule has 1 saturated carbocycles. The first kappa shape index (κ1) is 15.7. The van der Waals surface area contributed by atoms with E-state index in [-0.39, 0.29) is 6.61 Å². The third-order valence-electron chi connectivity index (χ3n) is 4.09. The van der Waals surface area contributed by atoms with E-state index >= 15 is 0 Å². The first-order chi connectivity index (χ1) is 10.1. The van der Waals surface area contributed by atoms with Gasteiger partial charge in [0.25, 0.3) is 0 Å². The normalized spacial score (nSPS) is 25.4. The highest BCUT2D eigenvalue weighted by atomic mass is 127. The molecule has 6 heteroatoms. The Labute approximate surface area is 151 Å². The van der Waals surface area contributed by atoms with Gasteiger partial charge in [-0.3, -0.25) is 0 Å². The number of aromatic nitrogens is 3. The SMILES string of the molecule is Cc1ccc(-c2nnn([C@@H]3C[C@H](CO)C[C@H]3I)c2I)cc1. The molecule has 1 N–H and O–H groups in total. The lowest BCUT2D eigenvalue weighted by molar-refractivity contribution is 0.225. The molecule has 0 unspecified atom stereocenters. The van der Waals surface area contributed by atoms with Crippen LogP contribution in [0.5, 0.6) is 0 Å². The Balaban J connectivity index is 1.91. The molecular weight excluding hydrogens is 492 g/mol. The molecule has 0 saturated heterocycles. The summed E-state index contributed by atoms with van der Waals surface area (Å²) in [6.45, 7) is 2.35. The van der Waals surface area contributed by atoms with Crippen LogP contribution in [0.4, 0.5) is 0 Å². The Morgan fingerprint density at radius 1 is 1.29 bits per heavy atom. The average Bonchev–Trinajstić information content (AvgIpc) is 3.03. The molecule has 1 aliphatic carbocycles. The minimum atomic E-state index is 0.270. The van der Waals surface area contributed by atoms with Crippen molar-refractivity contribution in [1.29, 1.82) is 0 Å². The summed E-state index contributed by atoms with van der Waals surface area (Å²) in [4.78, 5) is 0. The van der Waals surface area contributed by atoms with Crippen molar-refractivity contribution in [3.63, 3.8) is 0 Å². The van der Waals surface area contributed by atoms with Crippen molar-refractivity contribution in [2.24, 2.45) is 5.92 Å². The predicted octanol–water partition coefficient (Wildman–Crippen LogP) is 3.61. The number of halogens is 2. The van der Waals surface area contributed by atoms with Crippen molar-refractivity contribution in [2.75, 3.05) is 6.61 Å². The van der Waals surface area contributed by atoms with Crippen LogP contribution < -0.4 is 0 Å². The van der Waals surface area contributed by atoms with Gasteiger partial charge in [0.05, 0.1) is 6.04 Å². The van der Waals surface area contributed by atoms with E-state index < -0.39 is 0 Å². The van der Waals surface area contributed by atoms with Crippen molar-refractivity contribution < 1.29 is 5.11 Å². The molecule has 4 nitrogen and oxygen atoms in total. The molecule has 1 fully saturated rings. The number of hydrogen-bond acceptors (Lipinski definition) is 3. The summed E-state index contributed by atoms with van der Waals surface area (Å²) in [6, 6.07) is 8.73. The molecule has 21 heavy (non-hydrogen) atoms. The van der Waals surface area contributed by atoms with Crippen LogP contribution in [0.15, 0.2) is 24.3 Å². The monoisotopic (exact) mass is 509 g/mol. The lowest BCUT2D eigenvalue weighted by Crippen LogP contribution is -2.16. The Morgan fingerprint density at radius 3 is 2.62 bits per heavy atom. The van der Waals surface area contributed by atoms with Gasteiger partial charge in [-0.25, -0.2) is 4.68 Å². The summed E-state index contributed by atoms with van der Waals surface area (Å²) < 4.78 is 3.63. The molecule has 0 radical (unpaired) electrons. The van der Waals surface area contributed by atoms with Crippen molar-refractivity contribution in [1.82, 2.24) is 15.0 Å². The number of hydrogen-bond donors (Lipinski definition) is 1. The second-order valence-corrected chi connectivity index (χ2v) is 8.26. The zero-order valence-electron chi connectivity index (χ0n) is 11.7. The maximum atomic E-state index is 9.38. The van der Waals surface area contributed by atoms with E-state index in [4.69, 9.17) is 0 Å².